The van der Waals surface area contributed by atoms with E-state index in [0.717, 1.165) is 17.0 Å². The molecule has 160 valence electrons. The van der Waals surface area contributed by atoms with E-state index < -0.39 is 6.04 Å². The van der Waals surface area contributed by atoms with Crippen molar-refractivity contribution in [3.05, 3.63) is 90.3 Å². The van der Waals surface area contributed by atoms with Gasteiger partial charge in [-0.1, -0.05) is 30.3 Å². The minimum atomic E-state index is -0.742. The van der Waals surface area contributed by atoms with Crippen LogP contribution in [0.2, 0.25) is 0 Å². The summed E-state index contributed by atoms with van der Waals surface area (Å²) in [6.07, 6.45) is 3.47. The zero-order valence-corrected chi connectivity index (χ0v) is 17.6. The average Bonchev–Trinajstić information content (AvgIpc) is 2.83. The fraction of sp³-hybridized carbons (Fsp3) is 0.208. The number of ether oxygens (including phenoxy) is 1. The molecule has 0 aliphatic carbocycles. The molecule has 1 atom stereocenters. The molecule has 0 saturated heterocycles. The Morgan fingerprint density at radius 3 is 2.29 bits per heavy atom. The van der Waals surface area contributed by atoms with E-state index in [1.54, 1.807) is 31.6 Å². The zero-order valence-electron chi connectivity index (χ0n) is 17.6. The van der Waals surface area contributed by atoms with Crippen LogP contribution in [0.15, 0.2) is 79.1 Å². The van der Waals surface area contributed by atoms with Crippen molar-refractivity contribution >= 4 is 17.5 Å². The molecular formula is C24H26N4O3. The molecule has 2 N–H and O–H groups in total. The Kier molecular flexibility index (Phi) is 7.59. The maximum Gasteiger partial charge on any atom is 0.263 e. The van der Waals surface area contributed by atoms with E-state index in [0.29, 0.717) is 18.5 Å². The van der Waals surface area contributed by atoms with Gasteiger partial charge in [0.1, 0.15) is 11.8 Å². The zero-order chi connectivity index (χ0) is 22.1. The Morgan fingerprint density at radius 1 is 1.00 bits per heavy atom. The summed E-state index contributed by atoms with van der Waals surface area (Å²) < 4.78 is 5.18. The molecule has 1 unspecified atom stereocenters. The van der Waals surface area contributed by atoms with Crippen molar-refractivity contribution in [3.63, 3.8) is 0 Å². The molecule has 0 fully saturated rings. The van der Waals surface area contributed by atoms with Gasteiger partial charge in [0.2, 0.25) is 0 Å². The number of anilines is 1. The highest BCUT2D eigenvalue weighted by Gasteiger charge is 2.26. The van der Waals surface area contributed by atoms with Crippen LogP contribution in [0.1, 0.15) is 22.8 Å². The molecule has 0 radical (unpaired) electrons. The fourth-order valence-electron chi connectivity index (χ4n) is 3.09. The van der Waals surface area contributed by atoms with Crippen molar-refractivity contribution < 1.29 is 14.3 Å². The Hall–Kier alpha value is -3.87. The quantitative estimate of drug-likeness (QED) is 0.521. The molecule has 2 amide bonds. The summed E-state index contributed by atoms with van der Waals surface area (Å²) in [6, 6.07) is 19.4. The number of nitrogens with one attached hydrogen (secondary N) is 2. The predicted molar refractivity (Wildman–Crippen MR) is 120 cm³/mol. The van der Waals surface area contributed by atoms with Crippen molar-refractivity contribution in [1.82, 2.24) is 15.3 Å². The van der Waals surface area contributed by atoms with Gasteiger partial charge in [-0.05, 0) is 48.9 Å². The molecule has 0 aliphatic heterocycles. The van der Waals surface area contributed by atoms with Crippen molar-refractivity contribution in [2.45, 2.75) is 19.4 Å². The Morgan fingerprint density at radius 2 is 1.68 bits per heavy atom. The molecular weight excluding hydrogens is 392 g/mol. The van der Waals surface area contributed by atoms with E-state index in [-0.39, 0.29) is 11.8 Å². The lowest BCUT2D eigenvalue weighted by Gasteiger charge is -2.28. The first-order chi connectivity index (χ1) is 15.1. The van der Waals surface area contributed by atoms with E-state index >= 15 is 0 Å². The van der Waals surface area contributed by atoms with Gasteiger partial charge in [0.15, 0.2) is 0 Å². The molecule has 31 heavy (non-hydrogen) atoms. The Bertz CT molecular complexity index is 979. The van der Waals surface area contributed by atoms with Crippen LogP contribution in [0, 0.1) is 0 Å². The van der Waals surface area contributed by atoms with Crippen LogP contribution in [0.3, 0.4) is 0 Å². The van der Waals surface area contributed by atoms with Crippen LogP contribution >= 0.6 is 0 Å². The first kappa shape index (κ1) is 21.8. The normalized spacial score (nSPS) is 11.3. The Labute approximate surface area is 182 Å². The number of pyridine rings is 1. The second kappa shape index (κ2) is 10.8. The van der Waals surface area contributed by atoms with Gasteiger partial charge in [-0.15, -0.1) is 0 Å². The van der Waals surface area contributed by atoms with Crippen molar-refractivity contribution in [1.29, 1.82) is 0 Å². The van der Waals surface area contributed by atoms with Gasteiger partial charge >= 0.3 is 0 Å². The highest BCUT2D eigenvalue weighted by Crippen LogP contribution is 2.16. The first-order valence-corrected chi connectivity index (χ1v) is 10.1. The summed E-state index contributed by atoms with van der Waals surface area (Å²) in [7, 11) is 1.60. The highest BCUT2D eigenvalue weighted by molar-refractivity contribution is 5.97. The summed E-state index contributed by atoms with van der Waals surface area (Å²) in [4.78, 5) is 30.1. The highest BCUT2D eigenvalue weighted by atomic mass is 16.5. The molecule has 3 rings (SSSR count). The van der Waals surface area contributed by atoms with Crippen LogP contribution in [-0.2, 0) is 11.2 Å². The third kappa shape index (κ3) is 6.05. The van der Waals surface area contributed by atoms with Gasteiger partial charge in [-0.3, -0.25) is 25.0 Å². The predicted octanol–water partition coefficient (Wildman–Crippen LogP) is 3.31. The molecule has 7 heteroatoms. The SMILES string of the molecule is CCN(Nc1ccc(OC)cc1)C(=O)C(Cc1ccccc1)NC(=O)c1ccncc1. The number of methoxy groups -OCH3 is 1. The largest absolute Gasteiger partial charge is 0.497 e. The molecule has 3 aromatic rings. The number of rotatable bonds is 9. The van der Waals surface area contributed by atoms with E-state index in [1.807, 2.05) is 61.5 Å². The lowest BCUT2D eigenvalue weighted by molar-refractivity contribution is -0.131. The van der Waals surface area contributed by atoms with Crippen LogP contribution in [-0.4, -0.2) is 41.5 Å². The minimum absolute atomic E-state index is 0.232. The maximum atomic E-state index is 13.4. The van der Waals surface area contributed by atoms with Gasteiger partial charge in [0.05, 0.1) is 12.8 Å². The summed E-state index contributed by atoms with van der Waals surface area (Å²) in [5, 5.41) is 4.38. The number of amides is 2. The van der Waals surface area contributed by atoms with Gasteiger partial charge < -0.3 is 10.1 Å². The molecule has 0 aliphatic rings. The van der Waals surface area contributed by atoms with Crippen LogP contribution < -0.4 is 15.5 Å². The number of nitrogens with zero attached hydrogens (tertiary/aromatic N) is 2. The van der Waals surface area contributed by atoms with Crippen LogP contribution in [0.4, 0.5) is 5.69 Å². The maximum absolute atomic E-state index is 13.4. The van der Waals surface area contributed by atoms with Crippen molar-refractivity contribution in [2.24, 2.45) is 0 Å². The van der Waals surface area contributed by atoms with Crippen molar-refractivity contribution in [2.75, 3.05) is 19.1 Å². The topological polar surface area (TPSA) is 83.6 Å². The smallest absolute Gasteiger partial charge is 0.263 e. The van der Waals surface area contributed by atoms with Gasteiger partial charge in [0.25, 0.3) is 11.8 Å². The van der Waals surface area contributed by atoms with Crippen LogP contribution in [0.25, 0.3) is 0 Å². The van der Waals surface area contributed by atoms with Crippen LogP contribution in [0.5, 0.6) is 5.75 Å². The molecule has 7 nitrogen and oxygen atoms in total. The van der Waals surface area contributed by atoms with Crippen molar-refractivity contribution in [3.8, 4) is 5.75 Å². The van der Waals surface area contributed by atoms with Gasteiger partial charge in [-0.25, -0.2) is 0 Å². The van der Waals surface area contributed by atoms with E-state index in [1.165, 1.54) is 5.01 Å². The standard InChI is InChI=1S/C24H26N4O3/c1-3-28(27-20-9-11-21(31-2)12-10-20)24(30)22(17-18-7-5-4-6-8-18)26-23(29)19-13-15-25-16-14-19/h4-16,22,27H,3,17H2,1-2H3,(H,26,29). The average molecular weight is 418 g/mol. The number of hydrazine groups is 1. The number of aromatic nitrogens is 1. The lowest BCUT2D eigenvalue weighted by atomic mass is 10.0. The van der Waals surface area contributed by atoms with E-state index in [2.05, 4.69) is 15.7 Å². The number of carbonyl (C=O) groups is 2. The fourth-order valence-corrected chi connectivity index (χ4v) is 3.09. The number of hydrogen-bond acceptors (Lipinski definition) is 5. The Balaban J connectivity index is 1.79. The minimum Gasteiger partial charge on any atom is -0.497 e. The monoisotopic (exact) mass is 418 g/mol. The molecule has 0 bridgehead atoms. The van der Waals surface area contributed by atoms with E-state index in [4.69, 9.17) is 4.74 Å². The molecule has 1 aromatic heterocycles. The third-order valence-electron chi connectivity index (χ3n) is 4.76. The van der Waals surface area contributed by atoms with Gasteiger partial charge in [0, 0.05) is 30.9 Å². The number of carbonyl (C=O) groups excluding carboxylic acids is 2. The molecule has 1 heterocycles. The molecule has 2 aromatic carbocycles. The number of hydrogen-bond donors (Lipinski definition) is 2. The summed E-state index contributed by atoms with van der Waals surface area (Å²) >= 11 is 0. The van der Waals surface area contributed by atoms with Gasteiger partial charge in [-0.2, -0.15) is 0 Å². The van der Waals surface area contributed by atoms with E-state index in [9.17, 15) is 9.59 Å². The summed E-state index contributed by atoms with van der Waals surface area (Å²) in [5.41, 5.74) is 5.28. The first-order valence-electron chi connectivity index (χ1n) is 10.1. The summed E-state index contributed by atoms with van der Waals surface area (Å²) in [5.74, 6) is 0.174. The number of benzene rings is 2. The summed E-state index contributed by atoms with van der Waals surface area (Å²) in [6.45, 7) is 2.29. The molecule has 0 saturated carbocycles. The lowest BCUT2D eigenvalue weighted by Crippen LogP contribution is -2.51. The third-order valence-corrected chi connectivity index (χ3v) is 4.76. The number of likely N-dealkylation sites (N-methyl/N-ethyl adjacent to an activating group) is 1. The molecule has 0 spiro atoms. The second-order valence-electron chi connectivity index (χ2n) is 6.87. The second-order valence-corrected chi connectivity index (χ2v) is 6.87.